The van der Waals surface area contributed by atoms with E-state index in [-0.39, 0.29) is 0 Å². The Morgan fingerprint density at radius 1 is 0.375 bits per heavy atom. The van der Waals surface area contributed by atoms with E-state index in [4.69, 9.17) is 0 Å². The maximum atomic E-state index is 3.76. The highest BCUT2D eigenvalue weighted by Crippen LogP contribution is 2.56. The van der Waals surface area contributed by atoms with E-state index < -0.39 is 5.41 Å². The van der Waals surface area contributed by atoms with Gasteiger partial charge in [0.25, 0.3) is 0 Å². The van der Waals surface area contributed by atoms with Crippen LogP contribution in [0.4, 0.5) is 11.4 Å². The molecule has 0 fully saturated rings. The second-order valence-electron chi connectivity index (χ2n) is 10.6. The topological polar surface area (TPSA) is 12.0 Å². The Morgan fingerprint density at radius 3 is 1.70 bits per heavy atom. The number of hydrogen-bond acceptors (Lipinski definition) is 1. The molecule has 40 heavy (non-hydrogen) atoms. The second kappa shape index (κ2) is 8.97. The third kappa shape index (κ3) is 3.34. The molecule has 0 heterocycles. The summed E-state index contributed by atoms with van der Waals surface area (Å²) >= 11 is 0. The van der Waals surface area contributed by atoms with Gasteiger partial charge in [0.1, 0.15) is 0 Å². The predicted molar refractivity (Wildman–Crippen MR) is 168 cm³/mol. The molecule has 8 rings (SSSR count). The van der Waals surface area contributed by atoms with Gasteiger partial charge in [-0.25, -0.2) is 0 Å². The van der Waals surface area contributed by atoms with Gasteiger partial charge in [-0.05, 0) is 79.2 Å². The molecule has 0 amide bonds. The maximum absolute atomic E-state index is 3.76. The van der Waals surface area contributed by atoms with Gasteiger partial charge >= 0.3 is 0 Å². The van der Waals surface area contributed by atoms with Crippen molar-refractivity contribution in [2.45, 2.75) is 5.41 Å². The van der Waals surface area contributed by atoms with Crippen LogP contribution in [-0.2, 0) is 5.41 Å². The molecule has 1 N–H and O–H groups in total. The third-order valence-corrected chi connectivity index (χ3v) is 8.49. The van der Waals surface area contributed by atoms with Crippen LogP contribution in [0.2, 0.25) is 0 Å². The van der Waals surface area contributed by atoms with E-state index >= 15 is 0 Å². The Balaban J connectivity index is 1.33. The first-order chi connectivity index (χ1) is 19.8. The predicted octanol–water partition coefficient (Wildman–Crippen LogP) is 10.1. The van der Waals surface area contributed by atoms with Gasteiger partial charge in [-0.1, -0.05) is 133 Å². The van der Waals surface area contributed by atoms with Gasteiger partial charge < -0.3 is 5.32 Å². The van der Waals surface area contributed by atoms with E-state index in [1.807, 2.05) is 0 Å². The van der Waals surface area contributed by atoms with E-state index in [0.29, 0.717) is 0 Å². The molecule has 0 radical (unpaired) electrons. The minimum absolute atomic E-state index is 0.397. The van der Waals surface area contributed by atoms with Crippen molar-refractivity contribution >= 4 is 32.9 Å². The van der Waals surface area contributed by atoms with Crippen molar-refractivity contribution in [1.82, 2.24) is 0 Å². The Hall–Kier alpha value is -5.14. The first kappa shape index (κ1) is 22.8. The summed E-state index contributed by atoms with van der Waals surface area (Å²) in [4.78, 5) is 0. The smallest absolute Gasteiger partial charge is 0.0714 e. The molecule has 0 atom stereocenters. The molecule has 0 spiro atoms. The van der Waals surface area contributed by atoms with Crippen LogP contribution < -0.4 is 5.32 Å². The minimum Gasteiger partial charge on any atom is -0.355 e. The van der Waals surface area contributed by atoms with Gasteiger partial charge in [0.2, 0.25) is 0 Å². The van der Waals surface area contributed by atoms with E-state index in [1.165, 1.54) is 54.9 Å². The zero-order chi connectivity index (χ0) is 26.5. The van der Waals surface area contributed by atoms with Crippen LogP contribution in [0.25, 0.3) is 32.7 Å². The average molecular weight is 510 g/mol. The highest BCUT2D eigenvalue weighted by molar-refractivity contribution is 6.08. The Kier molecular flexibility index (Phi) is 5.11. The fourth-order valence-corrected chi connectivity index (χ4v) is 6.77. The molecule has 7 aromatic rings. The summed E-state index contributed by atoms with van der Waals surface area (Å²) in [7, 11) is 0. The zero-order valence-corrected chi connectivity index (χ0v) is 22.0. The monoisotopic (exact) mass is 509 g/mol. The maximum Gasteiger partial charge on any atom is 0.0714 e. The van der Waals surface area contributed by atoms with Crippen molar-refractivity contribution in [2.75, 3.05) is 5.32 Å². The number of nitrogens with one attached hydrogen (secondary N) is 1. The molecule has 0 aliphatic heterocycles. The van der Waals surface area contributed by atoms with Crippen molar-refractivity contribution in [3.8, 4) is 11.1 Å². The largest absolute Gasteiger partial charge is 0.355 e. The van der Waals surface area contributed by atoms with Gasteiger partial charge in [-0.3, -0.25) is 0 Å². The summed E-state index contributed by atoms with van der Waals surface area (Å²) in [6.07, 6.45) is 0. The zero-order valence-electron chi connectivity index (χ0n) is 22.0. The van der Waals surface area contributed by atoms with Crippen molar-refractivity contribution in [3.63, 3.8) is 0 Å². The van der Waals surface area contributed by atoms with Gasteiger partial charge in [-0.15, -0.1) is 0 Å². The lowest BCUT2D eigenvalue weighted by Crippen LogP contribution is -2.28. The van der Waals surface area contributed by atoms with Gasteiger partial charge in [0.05, 0.1) is 5.41 Å². The number of benzene rings is 7. The molecule has 7 aromatic carbocycles. The summed E-state index contributed by atoms with van der Waals surface area (Å²) < 4.78 is 0. The van der Waals surface area contributed by atoms with Gasteiger partial charge in [-0.2, -0.15) is 0 Å². The van der Waals surface area contributed by atoms with Crippen LogP contribution in [0, 0.1) is 0 Å². The Bertz CT molecular complexity index is 1980. The second-order valence-corrected chi connectivity index (χ2v) is 10.6. The lowest BCUT2D eigenvalue weighted by Gasteiger charge is -2.34. The van der Waals surface area contributed by atoms with E-state index in [9.17, 15) is 0 Å². The molecule has 0 aromatic heterocycles. The Labute approximate surface area is 234 Å². The van der Waals surface area contributed by atoms with E-state index in [1.54, 1.807) is 0 Å². The van der Waals surface area contributed by atoms with Crippen molar-refractivity contribution in [1.29, 1.82) is 0 Å². The van der Waals surface area contributed by atoms with Crippen molar-refractivity contribution < 1.29 is 0 Å². The van der Waals surface area contributed by atoms with Crippen LogP contribution >= 0.6 is 0 Å². The molecule has 0 saturated heterocycles. The first-order valence-corrected chi connectivity index (χ1v) is 13.9. The van der Waals surface area contributed by atoms with Gasteiger partial charge in [0, 0.05) is 11.4 Å². The highest BCUT2D eigenvalue weighted by atomic mass is 14.9. The minimum atomic E-state index is -0.397. The van der Waals surface area contributed by atoms with Crippen molar-refractivity contribution in [2.24, 2.45) is 0 Å². The highest BCUT2D eigenvalue weighted by Gasteiger charge is 2.45. The lowest BCUT2D eigenvalue weighted by molar-refractivity contribution is 0.769. The number of hydrogen-bond donors (Lipinski definition) is 1. The molecule has 0 bridgehead atoms. The molecular weight excluding hydrogens is 482 g/mol. The molecule has 1 aliphatic rings. The lowest BCUT2D eigenvalue weighted by atomic mass is 9.67. The summed E-state index contributed by atoms with van der Waals surface area (Å²) in [6.45, 7) is 0. The summed E-state index contributed by atoms with van der Waals surface area (Å²) in [6, 6.07) is 57.4. The van der Waals surface area contributed by atoms with Gasteiger partial charge in [0.15, 0.2) is 0 Å². The van der Waals surface area contributed by atoms with E-state index in [0.717, 1.165) is 11.4 Å². The van der Waals surface area contributed by atoms with Crippen LogP contribution in [-0.4, -0.2) is 0 Å². The van der Waals surface area contributed by atoms with E-state index in [2.05, 4.69) is 163 Å². The number of fused-ring (bicyclic) bond motifs is 6. The Morgan fingerprint density at radius 2 is 0.925 bits per heavy atom. The fraction of sp³-hybridized carbons (Fsp3) is 0.0256. The van der Waals surface area contributed by atoms with Crippen LogP contribution in [0.15, 0.2) is 158 Å². The standard InChI is InChI=1S/C39H27N/c1-3-12-29(13-4-1)39(30-14-5-2-6-15-30)37-18-10-9-17-34(37)35-24-23-32(26-38(35)39)40-31-22-21-28-20-19-27-11-7-8-16-33(27)36(28)25-31/h1-26,40H. The molecule has 1 aliphatic carbocycles. The molecule has 0 saturated carbocycles. The number of anilines is 2. The molecule has 188 valence electrons. The first-order valence-electron chi connectivity index (χ1n) is 13.9. The van der Waals surface area contributed by atoms with Crippen LogP contribution in [0.5, 0.6) is 0 Å². The summed E-state index contributed by atoms with van der Waals surface area (Å²) in [5.41, 5.74) is 9.56. The third-order valence-electron chi connectivity index (χ3n) is 8.49. The fourth-order valence-electron chi connectivity index (χ4n) is 6.77. The quantitative estimate of drug-likeness (QED) is 0.233. The molecule has 0 unspecified atom stereocenters. The number of rotatable bonds is 4. The SMILES string of the molecule is c1ccc(C2(c3ccccc3)c3ccccc3-c3ccc(Nc4ccc5ccc6ccccc6c5c4)cc32)cc1. The molecular formula is C39H27N. The molecule has 1 nitrogen and oxygen atoms in total. The normalized spacial score (nSPS) is 13.2. The van der Waals surface area contributed by atoms with Crippen molar-refractivity contribution in [3.05, 3.63) is 180 Å². The average Bonchev–Trinajstić information content (AvgIpc) is 3.32. The van der Waals surface area contributed by atoms with Crippen LogP contribution in [0.3, 0.4) is 0 Å². The van der Waals surface area contributed by atoms with Crippen LogP contribution in [0.1, 0.15) is 22.3 Å². The molecule has 1 heteroatoms. The summed E-state index contributed by atoms with van der Waals surface area (Å²) in [5, 5.41) is 8.81. The summed E-state index contributed by atoms with van der Waals surface area (Å²) in [5.74, 6) is 0.